The Morgan fingerprint density at radius 1 is 0.529 bits per heavy atom. The second-order valence-electron chi connectivity index (χ2n) is 20.1. The van der Waals surface area contributed by atoms with Gasteiger partial charge in [0.15, 0.2) is 64.4 Å². The van der Waals surface area contributed by atoms with Crippen molar-refractivity contribution in [2.75, 3.05) is 34.4 Å². The van der Waals surface area contributed by atoms with E-state index in [1.807, 2.05) is 67.6 Å². The SMILES string of the molecule is CCNC(=O)[C@H]1O[C@@H](n2cnc3c(NC(=O)Nc4ccc(S(=O)(=O)NCc5ccccc5)cc4)ncnc32)[C@@H]2OC(C)(C)O[C@@H]21.CCNC(=O)[C@H]1O[C@@H](n2cnc3c(NC(=O)Nc4ccc(S(=O)(=O)NCc5ccccc5)cc4)ncnc32)[C@H](O)[C@@H]1O. The Balaban J connectivity index is 0.000000193. The first-order valence-electron chi connectivity index (χ1n) is 27.1. The van der Waals surface area contributed by atoms with Gasteiger partial charge in [0.2, 0.25) is 20.0 Å². The Bertz CT molecular complexity index is 4020. The van der Waals surface area contributed by atoms with Gasteiger partial charge in [0.25, 0.3) is 11.8 Å². The predicted molar refractivity (Wildman–Crippen MR) is 311 cm³/mol. The van der Waals surface area contributed by atoms with Gasteiger partial charge in [-0.3, -0.25) is 29.4 Å². The first-order chi connectivity index (χ1) is 41.7. The van der Waals surface area contributed by atoms with Crippen LogP contribution in [0.5, 0.6) is 0 Å². The highest BCUT2D eigenvalue weighted by molar-refractivity contribution is 7.89. The lowest BCUT2D eigenvalue weighted by Crippen LogP contribution is -2.42. The number of benzene rings is 4. The smallest absolute Gasteiger partial charge is 0.324 e. The van der Waals surface area contributed by atoms with Crippen LogP contribution in [0.25, 0.3) is 22.3 Å². The maximum Gasteiger partial charge on any atom is 0.324 e. The maximum atomic E-state index is 12.9. The number of ether oxygens (including phenoxy) is 4. The van der Waals surface area contributed by atoms with E-state index in [0.717, 1.165) is 17.5 Å². The van der Waals surface area contributed by atoms with Crippen LogP contribution in [0.3, 0.4) is 0 Å². The quantitative estimate of drug-likeness (QED) is 0.0589. The third-order valence-electron chi connectivity index (χ3n) is 13.7. The molecule has 30 nitrogen and oxygen atoms in total. The van der Waals surface area contributed by atoms with Crippen molar-refractivity contribution in [1.82, 2.24) is 59.1 Å². The molecule has 0 saturated carbocycles. The Morgan fingerprint density at radius 2 is 0.954 bits per heavy atom. The fourth-order valence-electron chi connectivity index (χ4n) is 9.62. The summed E-state index contributed by atoms with van der Waals surface area (Å²) >= 11 is 0. The minimum Gasteiger partial charge on any atom is -0.387 e. The number of rotatable bonds is 18. The molecule has 11 rings (SSSR count). The van der Waals surface area contributed by atoms with Gasteiger partial charge in [0.05, 0.1) is 22.4 Å². The summed E-state index contributed by atoms with van der Waals surface area (Å²) in [6.07, 6.45) is -3.19. The highest BCUT2D eigenvalue weighted by Crippen LogP contribution is 2.44. The summed E-state index contributed by atoms with van der Waals surface area (Å²) in [6.45, 7) is 8.09. The molecule has 456 valence electrons. The third-order valence-corrected chi connectivity index (χ3v) is 16.5. The molecule has 3 fully saturated rings. The molecular formula is C55H60N16O14S2. The molecule has 10 N–H and O–H groups in total. The summed E-state index contributed by atoms with van der Waals surface area (Å²) in [5.74, 6) is -1.66. The van der Waals surface area contributed by atoms with Crippen molar-refractivity contribution in [3.63, 3.8) is 0 Å². The number of amides is 6. The number of carbonyl (C=O) groups is 4. The van der Waals surface area contributed by atoms with Crippen LogP contribution in [0, 0.1) is 0 Å². The molecule has 3 aliphatic heterocycles. The second-order valence-corrected chi connectivity index (χ2v) is 23.7. The minimum atomic E-state index is -3.77. The number of urea groups is 2. The molecule has 0 spiro atoms. The molecule has 0 radical (unpaired) electrons. The summed E-state index contributed by atoms with van der Waals surface area (Å²) in [7, 11) is -7.53. The second kappa shape index (κ2) is 25.9. The number of imidazole rings is 2. The number of hydrogen-bond donors (Lipinski definition) is 10. The van der Waals surface area contributed by atoms with Gasteiger partial charge in [-0.15, -0.1) is 0 Å². The Morgan fingerprint density at radius 3 is 1.41 bits per heavy atom. The number of aliphatic hydroxyl groups is 2. The summed E-state index contributed by atoms with van der Waals surface area (Å²) in [5, 5.41) is 36.7. The van der Waals surface area contributed by atoms with Crippen LogP contribution in [0.4, 0.5) is 32.6 Å². The average molecular weight is 1230 g/mol. The lowest BCUT2D eigenvalue weighted by molar-refractivity contribution is -0.197. The van der Waals surface area contributed by atoms with Gasteiger partial charge in [0.1, 0.15) is 37.1 Å². The predicted octanol–water partition coefficient (Wildman–Crippen LogP) is 3.21. The van der Waals surface area contributed by atoms with E-state index < -0.39 is 92.9 Å². The summed E-state index contributed by atoms with van der Waals surface area (Å²) in [4.78, 5) is 76.0. The summed E-state index contributed by atoms with van der Waals surface area (Å²) < 4.78 is 82.5. The van der Waals surface area contributed by atoms with E-state index in [1.165, 1.54) is 72.1 Å². The van der Waals surface area contributed by atoms with E-state index in [2.05, 4.69) is 71.2 Å². The molecule has 32 heteroatoms. The number of hydrogen-bond acceptors (Lipinski definition) is 20. The lowest BCUT2D eigenvalue weighted by Gasteiger charge is -2.24. The lowest BCUT2D eigenvalue weighted by atomic mass is 10.1. The molecule has 0 aliphatic carbocycles. The summed E-state index contributed by atoms with van der Waals surface area (Å²) in [5.41, 5.74) is 3.26. The van der Waals surface area contributed by atoms with Crippen molar-refractivity contribution >= 4 is 89.3 Å². The fraction of sp³-hybridized carbons (Fsp3) is 0.309. The molecule has 4 aromatic carbocycles. The molecule has 8 aromatic rings. The van der Waals surface area contributed by atoms with Crippen molar-refractivity contribution in [1.29, 1.82) is 0 Å². The zero-order valence-electron chi connectivity index (χ0n) is 46.8. The standard InChI is InChI=1S/C29H32N8O7S.C26H28N8O7S/c1-4-30-26(38)22-21-23(44-29(2,3)43-21)27(42-22)37-16-33-20-24(31-15-32-25(20)37)36-28(39)35-18-10-12-19(13-11-18)45(40,41)34-14-17-8-6-5-7-9-17;1-2-27-24(37)21-19(35)20(36)25(41-21)34-14-30-18-22(28-13-29-23(18)34)33-26(38)32-16-8-10-17(11-9-16)42(39,40)31-12-15-6-4-3-5-7-15/h5-13,15-16,21-23,27,34H,4,14H2,1-3H3,(H,30,38)(H2,31,32,35,36,39);3-11,13-14,19-21,25,31,35-36H,2,12H2,1H3,(H,27,37)(H2,28,29,32,33,38)/t21-,22+,23-,27-;19-,20+,21-,25+/m10/s1. The van der Waals surface area contributed by atoms with Gasteiger partial charge in [-0.25, -0.2) is 65.8 Å². The number of aromatic nitrogens is 8. The van der Waals surface area contributed by atoms with Crippen molar-refractivity contribution in [3.8, 4) is 0 Å². The number of carbonyl (C=O) groups excluding carboxylic acids is 4. The van der Waals surface area contributed by atoms with Gasteiger partial charge >= 0.3 is 12.1 Å². The monoisotopic (exact) mass is 1230 g/mol. The molecule has 0 unspecified atom stereocenters. The molecule has 4 aromatic heterocycles. The zero-order valence-corrected chi connectivity index (χ0v) is 48.5. The number of aliphatic hydroxyl groups excluding tert-OH is 2. The Labute approximate surface area is 496 Å². The van der Waals surface area contributed by atoms with Gasteiger partial charge in [0, 0.05) is 37.6 Å². The van der Waals surface area contributed by atoms with Crippen molar-refractivity contribution in [2.45, 2.75) is 105 Å². The number of fused-ring (bicyclic) bond motifs is 3. The van der Waals surface area contributed by atoms with E-state index in [-0.39, 0.29) is 57.1 Å². The van der Waals surface area contributed by atoms with Crippen LogP contribution in [0.1, 0.15) is 51.3 Å². The van der Waals surface area contributed by atoms with E-state index in [4.69, 9.17) is 18.9 Å². The highest BCUT2D eigenvalue weighted by Gasteiger charge is 2.58. The average Bonchev–Trinajstić information content (AvgIpc) is 1.74. The normalized spacial score (nSPS) is 21.3. The molecule has 7 heterocycles. The van der Waals surface area contributed by atoms with Crippen LogP contribution in [-0.2, 0) is 61.7 Å². The largest absolute Gasteiger partial charge is 0.387 e. The first-order valence-corrected chi connectivity index (χ1v) is 30.1. The molecule has 3 saturated heterocycles. The number of sulfonamides is 2. The maximum absolute atomic E-state index is 12.9. The van der Waals surface area contributed by atoms with E-state index in [1.54, 1.807) is 25.3 Å². The topological polar surface area (TPSA) is 397 Å². The molecule has 87 heavy (non-hydrogen) atoms. The molecule has 0 bridgehead atoms. The van der Waals surface area contributed by atoms with Gasteiger partial charge in [-0.05, 0) is 87.4 Å². The van der Waals surface area contributed by atoms with Crippen molar-refractivity contribution in [2.24, 2.45) is 0 Å². The molecule has 3 aliphatic rings. The zero-order chi connectivity index (χ0) is 61.6. The Hall–Kier alpha value is -8.96. The number of likely N-dealkylation sites (N-methyl/N-ethyl adjacent to an activating group) is 2. The highest BCUT2D eigenvalue weighted by atomic mass is 32.2. The summed E-state index contributed by atoms with van der Waals surface area (Å²) in [6, 6.07) is 28.3. The van der Waals surface area contributed by atoms with Crippen LogP contribution in [0.2, 0.25) is 0 Å². The van der Waals surface area contributed by atoms with E-state index in [0.29, 0.717) is 30.1 Å². The first kappa shape index (κ1) is 61.1. The number of anilines is 4. The van der Waals surface area contributed by atoms with Crippen LogP contribution in [-0.4, -0.2) is 145 Å². The number of nitrogens with zero attached hydrogens (tertiary/aromatic N) is 8. The molecule has 8 atom stereocenters. The van der Waals surface area contributed by atoms with Gasteiger partial charge in [-0.2, -0.15) is 0 Å². The van der Waals surface area contributed by atoms with E-state index in [9.17, 15) is 46.2 Å². The minimum absolute atomic E-state index is 0.0308. The number of nitrogens with one attached hydrogen (secondary N) is 8. The molecule has 6 amide bonds. The van der Waals surface area contributed by atoms with Crippen LogP contribution in [0.15, 0.2) is 144 Å². The van der Waals surface area contributed by atoms with Crippen molar-refractivity contribution in [3.05, 3.63) is 146 Å². The third kappa shape index (κ3) is 13.8. The van der Waals surface area contributed by atoms with Gasteiger partial charge in [-0.1, -0.05) is 60.7 Å². The van der Waals surface area contributed by atoms with Crippen molar-refractivity contribution < 1.29 is 65.2 Å². The van der Waals surface area contributed by atoms with Gasteiger partial charge < -0.3 is 50.4 Å². The molecular weight excluding hydrogens is 1170 g/mol. The Kier molecular flexibility index (Phi) is 18.2. The van der Waals surface area contributed by atoms with Crippen LogP contribution >= 0.6 is 0 Å². The fourth-order valence-corrected chi connectivity index (χ4v) is 11.7. The van der Waals surface area contributed by atoms with Crippen LogP contribution < -0.4 is 41.3 Å². The van der Waals surface area contributed by atoms with E-state index >= 15 is 0 Å².